The lowest BCUT2D eigenvalue weighted by molar-refractivity contribution is 0.404. The van der Waals surface area contributed by atoms with Crippen LogP contribution in [0.1, 0.15) is 38.3 Å². The summed E-state index contributed by atoms with van der Waals surface area (Å²) in [7, 11) is 0. The van der Waals surface area contributed by atoms with Gasteiger partial charge in [0.05, 0.1) is 0 Å². The Morgan fingerprint density at radius 2 is 1.94 bits per heavy atom. The van der Waals surface area contributed by atoms with E-state index in [1.807, 2.05) is 6.07 Å². The second-order valence-corrected chi connectivity index (χ2v) is 5.86. The first kappa shape index (κ1) is 12.6. The average molecular weight is 232 g/mol. The Morgan fingerprint density at radius 1 is 1.29 bits per heavy atom. The summed E-state index contributed by atoms with van der Waals surface area (Å²) in [6, 6.07) is 10.5. The number of nitrogens with one attached hydrogen (secondary N) is 1. The minimum atomic E-state index is 0.135. The van der Waals surface area contributed by atoms with Gasteiger partial charge in [0.15, 0.2) is 0 Å². The molecular weight excluding hydrogens is 208 g/mol. The number of hydrogen-bond donors (Lipinski definition) is 2. The van der Waals surface area contributed by atoms with Crippen molar-refractivity contribution in [1.29, 1.82) is 0 Å². The van der Waals surface area contributed by atoms with Crippen LogP contribution in [0.4, 0.5) is 0 Å². The van der Waals surface area contributed by atoms with Crippen LogP contribution in [0.3, 0.4) is 0 Å². The maximum Gasteiger partial charge on any atom is 0.0333 e. The Bertz CT molecular complexity index is 343. The van der Waals surface area contributed by atoms with Crippen molar-refractivity contribution in [2.45, 2.75) is 32.7 Å². The molecular formula is C15H24N2. The zero-order valence-electron chi connectivity index (χ0n) is 10.9. The summed E-state index contributed by atoms with van der Waals surface area (Å²) < 4.78 is 0. The van der Waals surface area contributed by atoms with Crippen molar-refractivity contribution in [2.24, 2.45) is 17.1 Å². The normalized spacial score (nSPS) is 20.9. The highest BCUT2D eigenvalue weighted by molar-refractivity contribution is 5.19. The summed E-state index contributed by atoms with van der Waals surface area (Å²) in [6.45, 7) is 6.71. The third kappa shape index (κ3) is 3.55. The van der Waals surface area contributed by atoms with Gasteiger partial charge in [-0.25, -0.2) is 0 Å². The molecule has 2 unspecified atom stereocenters. The van der Waals surface area contributed by atoms with E-state index in [1.54, 1.807) is 0 Å². The first-order chi connectivity index (χ1) is 8.11. The zero-order chi connectivity index (χ0) is 12.3. The van der Waals surface area contributed by atoms with Crippen molar-refractivity contribution in [3.63, 3.8) is 0 Å². The molecule has 1 aromatic carbocycles. The quantitative estimate of drug-likeness (QED) is 0.791. The van der Waals surface area contributed by atoms with Gasteiger partial charge in [-0.3, -0.25) is 0 Å². The molecule has 1 aliphatic carbocycles. The SMILES string of the molecule is CC(CNCC1(C)CC1)C(N)c1ccccc1. The van der Waals surface area contributed by atoms with Crippen molar-refractivity contribution in [3.05, 3.63) is 35.9 Å². The van der Waals surface area contributed by atoms with E-state index in [4.69, 9.17) is 5.73 Å². The first-order valence-electron chi connectivity index (χ1n) is 6.62. The van der Waals surface area contributed by atoms with E-state index in [0.29, 0.717) is 11.3 Å². The van der Waals surface area contributed by atoms with Crippen LogP contribution in [0.5, 0.6) is 0 Å². The molecule has 0 aromatic heterocycles. The van der Waals surface area contributed by atoms with Gasteiger partial charge < -0.3 is 11.1 Å². The number of benzene rings is 1. The summed E-state index contributed by atoms with van der Waals surface area (Å²) in [4.78, 5) is 0. The fourth-order valence-electron chi connectivity index (χ4n) is 2.12. The third-order valence-corrected chi connectivity index (χ3v) is 3.92. The van der Waals surface area contributed by atoms with Gasteiger partial charge in [0.25, 0.3) is 0 Å². The van der Waals surface area contributed by atoms with Gasteiger partial charge >= 0.3 is 0 Å². The van der Waals surface area contributed by atoms with Gasteiger partial charge in [0.2, 0.25) is 0 Å². The molecule has 2 atom stereocenters. The molecule has 0 amide bonds. The summed E-state index contributed by atoms with van der Waals surface area (Å²) in [6.07, 6.45) is 2.75. The predicted octanol–water partition coefficient (Wildman–Crippen LogP) is 2.71. The van der Waals surface area contributed by atoms with Crippen molar-refractivity contribution in [3.8, 4) is 0 Å². The monoisotopic (exact) mass is 232 g/mol. The Hall–Kier alpha value is -0.860. The topological polar surface area (TPSA) is 38.0 Å². The molecule has 0 heterocycles. The fourth-order valence-corrected chi connectivity index (χ4v) is 2.12. The molecule has 1 aromatic rings. The van der Waals surface area contributed by atoms with Gasteiger partial charge in [-0.05, 0) is 36.3 Å². The molecule has 1 fully saturated rings. The molecule has 17 heavy (non-hydrogen) atoms. The van der Waals surface area contributed by atoms with E-state index in [9.17, 15) is 0 Å². The molecule has 0 saturated heterocycles. The molecule has 0 bridgehead atoms. The van der Waals surface area contributed by atoms with Gasteiger partial charge in [-0.2, -0.15) is 0 Å². The van der Waals surface area contributed by atoms with Crippen LogP contribution in [-0.2, 0) is 0 Å². The summed E-state index contributed by atoms with van der Waals surface area (Å²) in [5, 5.41) is 3.56. The van der Waals surface area contributed by atoms with E-state index in [1.165, 1.54) is 18.4 Å². The first-order valence-corrected chi connectivity index (χ1v) is 6.62. The molecule has 0 radical (unpaired) electrons. The average Bonchev–Trinajstić information content (AvgIpc) is 3.07. The van der Waals surface area contributed by atoms with Crippen molar-refractivity contribution in [2.75, 3.05) is 13.1 Å². The van der Waals surface area contributed by atoms with Gasteiger partial charge in [-0.1, -0.05) is 44.2 Å². The molecule has 1 aliphatic rings. The third-order valence-electron chi connectivity index (χ3n) is 3.92. The molecule has 94 valence electrons. The molecule has 3 N–H and O–H groups in total. The Morgan fingerprint density at radius 3 is 2.53 bits per heavy atom. The second-order valence-electron chi connectivity index (χ2n) is 5.86. The molecule has 1 saturated carbocycles. The van der Waals surface area contributed by atoms with Gasteiger partial charge in [0, 0.05) is 12.6 Å². The van der Waals surface area contributed by atoms with Crippen molar-refractivity contribution >= 4 is 0 Å². The molecule has 0 aliphatic heterocycles. The fraction of sp³-hybridized carbons (Fsp3) is 0.600. The summed E-state index contributed by atoms with van der Waals surface area (Å²) >= 11 is 0. The predicted molar refractivity (Wildman–Crippen MR) is 72.7 cm³/mol. The van der Waals surface area contributed by atoms with Crippen molar-refractivity contribution < 1.29 is 0 Å². The lowest BCUT2D eigenvalue weighted by Gasteiger charge is -2.21. The summed E-state index contributed by atoms with van der Waals surface area (Å²) in [5.41, 5.74) is 8.08. The maximum absolute atomic E-state index is 6.26. The van der Waals surface area contributed by atoms with Crippen LogP contribution in [0.15, 0.2) is 30.3 Å². The van der Waals surface area contributed by atoms with E-state index >= 15 is 0 Å². The number of hydrogen-bond acceptors (Lipinski definition) is 2. The maximum atomic E-state index is 6.26. The van der Waals surface area contributed by atoms with Crippen LogP contribution < -0.4 is 11.1 Å². The minimum Gasteiger partial charge on any atom is -0.324 e. The van der Waals surface area contributed by atoms with Crippen molar-refractivity contribution in [1.82, 2.24) is 5.32 Å². The van der Waals surface area contributed by atoms with Gasteiger partial charge in [-0.15, -0.1) is 0 Å². The Kier molecular flexibility index (Phi) is 3.85. The summed E-state index contributed by atoms with van der Waals surface area (Å²) in [5.74, 6) is 0.472. The van der Waals surface area contributed by atoms with Crippen LogP contribution >= 0.6 is 0 Å². The second kappa shape index (κ2) is 5.19. The van der Waals surface area contributed by atoms with E-state index in [2.05, 4.69) is 43.4 Å². The number of nitrogens with two attached hydrogens (primary N) is 1. The number of rotatable bonds is 6. The molecule has 2 nitrogen and oxygen atoms in total. The standard InChI is InChI=1S/C15H24N2/c1-12(10-17-11-15(2)8-9-15)14(16)13-6-4-3-5-7-13/h3-7,12,14,17H,8-11,16H2,1-2H3. The minimum absolute atomic E-state index is 0.135. The van der Waals surface area contributed by atoms with Crippen LogP contribution in [-0.4, -0.2) is 13.1 Å². The zero-order valence-corrected chi connectivity index (χ0v) is 10.9. The molecule has 2 heteroatoms. The smallest absolute Gasteiger partial charge is 0.0333 e. The van der Waals surface area contributed by atoms with E-state index in [-0.39, 0.29) is 6.04 Å². The highest BCUT2D eigenvalue weighted by Gasteiger charge is 2.36. The van der Waals surface area contributed by atoms with Gasteiger partial charge in [0.1, 0.15) is 0 Å². The van der Waals surface area contributed by atoms with Crippen LogP contribution in [0.2, 0.25) is 0 Å². The molecule has 0 spiro atoms. The van der Waals surface area contributed by atoms with Crippen LogP contribution in [0.25, 0.3) is 0 Å². The van der Waals surface area contributed by atoms with E-state index < -0.39 is 0 Å². The van der Waals surface area contributed by atoms with Crippen LogP contribution in [0, 0.1) is 11.3 Å². The lowest BCUT2D eigenvalue weighted by Crippen LogP contribution is -2.32. The highest BCUT2D eigenvalue weighted by atomic mass is 14.9. The highest BCUT2D eigenvalue weighted by Crippen LogP contribution is 2.44. The molecule has 2 rings (SSSR count). The Balaban J connectivity index is 1.77. The Labute approximate surface area is 105 Å². The largest absolute Gasteiger partial charge is 0.324 e. The lowest BCUT2D eigenvalue weighted by atomic mass is 9.95. The van der Waals surface area contributed by atoms with E-state index in [0.717, 1.165) is 13.1 Å².